The largest absolute Gasteiger partial charge is 0.496 e. The molecule has 1 aliphatic heterocycles. The van der Waals surface area contributed by atoms with Gasteiger partial charge in [0, 0.05) is 29.2 Å². The van der Waals surface area contributed by atoms with E-state index in [2.05, 4.69) is 26.3 Å². The van der Waals surface area contributed by atoms with Crippen molar-refractivity contribution in [3.63, 3.8) is 0 Å². The minimum absolute atomic E-state index is 0.129. The predicted octanol–water partition coefficient (Wildman–Crippen LogP) is 2.84. The molecular weight excluding hydrogens is 348 g/mol. The van der Waals surface area contributed by atoms with Crippen molar-refractivity contribution in [1.82, 2.24) is 20.3 Å². The fourth-order valence-corrected chi connectivity index (χ4v) is 4.13. The molecule has 6 nitrogen and oxygen atoms in total. The van der Waals surface area contributed by atoms with E-state index in [1.165, 1.54) is 0 Å². The zero-order chi connectivity index (χ0) is 18.1. The van der Waals surface area contributed by atoms with Crippen molar-refractivity contribution < 1.29 is 9.53 Å². The van der Waals surface area contributed by atoms with Crippen LogP contribution in [0.25, 0.3) is 0 Å². The van der Waals surface area contributed by atoms with Gasteiger partial charge in [0.15, 0.2) is 0 Å². The number of H-pyrrole nitrogens is 1. The zero-order valence-electron chi connectivity index (χ0n) is 14.7. The number of hydrogen-bond donors (Lipinski definition) is 2. The summed E-state index contributed by atoms with van der Waals surface area (Å²) in [6.07, 6.45) is 1.32. The first-order valence-corrected chi connectivity index (χ1v) is 9.42. The third-order valence-corrected chi connectivity index (χ3v) is 5.53. The standard InChI is InChI=1S/C19H20N4O2S/c1-11-10-26-17(21-11)8-16-22-14-7-12(9-20-19(24)18(14)23-16)13-5-3-4-6-15(13)25-2/h3-6,10,12H,7-9H2,1-2H3,(H,20,24)(H,22,23)/t12-/m0/s1. The van der Waals surface area contributed by atoms with Crippen molar-refractivity contribution in [3.05, 3.63) is 63.1 Å². The summed E-state index contributed by atoms with van der Waals surface area (Å²) in [5.41, 5.74) is 3.46. The van der Waals surface area contributed by atoms with Crippen molar-refractivity contribution in [1.29, 1.82) is 0 Å². The van der Waals surface area contributed by atoms with E-state index < -0.39 is 0 Å². The topological polar surface area (TPSA) is 79.9 Å². The monoisotopic (exact) mass is 368 g/mol. The number of thiazole rings is 1. The fraction of sp³-hybridized carbons (Fsp3) is 0.316. The Morgan fingerprint density at radius 2 is 2.15 bits per heavy atom. The lowest BCUT2D eigenvalue weighted by Crippen LogP contribution is -2.26. The predicted molar refractivity (Wildman–Crippen MR) is 100 cm³/mol. The molecule has 26 heavy (non-hydrogen) atoms. The number of imidazole rings is 1. The molecule has 7 heteroatoms. The molecule has 0 saturated carbocycles. The van der Waals surface area contributed by atoms with Gasteiger partial charge in [-0.25, -0.2) is 9.97 Å². The number of aromatic amines is 1. The molecule has 3 aromatic rings. The molecule has 0 radical (unpaired) electrons. The van der Waals surface area contributed by atoms with Gasteiger partial charge in [0.25, 0.3) is 5.91 Å². The van der Waals surface area contributed by atoms with Crippen LogP contribution in [0.5, 0.6) is 5.75 Å². The Morgan fingerprint density at radius 3 is 2.92 bits per heavy atom. The van der Waals surface area contributed by atoms with Crippen LogP contribution in [0.2, 0.25) is 0 Å². The van der Waals surface area contributed by atoms with Crippen LogP contribution in [0, 0.1) is 6.92 Å². The van der Waals surface area contributed by atoms with Crippen LogP contribution < -0.4 is 10.1 Å². The molecule has 0 spiro atoms. The summed E-state index contributed by atoms with van der Waals surface area (Å²) in [5, 5.41) is 6.01. The van der Waals surface area contributed by atoms with Crippen molar-refractivity contribution >= 4 is 17.2 Å². The number of nitrogens with one attached hydrogen (secondary N) is 2. The third-order valence-electron chi connectivity index (χ3n) is 4.57. The SMILES string of the molecule is COc1ccccc1[C@@H]1CNC(=O)c2nc(Cc3nc(C)cs3)[nH]c2C1. The quantitative estimate of drug-likeness (QED) is 0.742. The molecule has 4 rings (SSSR count). The van der Waals surface area contributed by atoms with E-state index in [0.29, 0.717) is 25.1 Å². The number of carbonyl (C=O) groups excluding carboxylic acids is 1. The molecule has 1 amide bonds. The minimum Gasteiger partial charge on any atom is -0.496 e. The Labute approximate surface area is 155 Å². The van der Waals surface area contributed by atoms with Gasteiger partial charge in [-0.05, 0) is 25.0 Å². The summed E-state index contributed by atoms with van der Waals surface area (Å²) < 4.78 is 5.50. The maximum atomic E-state index is 12.5. The number of aromatic nitrogens is 3. The minimum atomic E-state index is -0.129. The van der Waals surface area contributed by atoms with Crippen LogP contribution in [0.1, 0.15) is 44.2 Å². The number of nitrogens with zero attached hydrogens (tertiary/aromatic N) is 2. The van der Waals surface area contributed by atoms with Crippen molar-refractivity contribution in [2.45, 2.75) is 25.7 Å². The fourth-order valence-electron chi connectivity index (χ4n) is 3.35. The van der Waals surface area contributed by atoms with E-state index >= 15 is 0 Å². The number of aryl methyl sites for hydroxylation is 1. The second kappa shape index (κ2) is 6.92. The summed E-state index contributed by atoms with van der Waals surface area (Å²) in [6.45, 7) is 2.53. The highest BCUT2D eigenvalue weighted by molar-refractivity contribution is 7.09. The van der Waals surface area contributed by atoms with Crippen LogP contribution in [0.15, 0.2) is 29.6 Å². The lowest BCUT2D eigenvalue weighted by atomic mass is 9.93. The van der Waals surface area contributed by atoms with Crippen LogP contribution in [0.4, 0.5) is 0 Å². The van der Waals surface area contributed by atoms with E-state index in [0.717, 1.165) is 33.5 Å². The molecule has 1 aromatic carbocycles. The van der Waals surface area contributed by atoms with Gasteiger partial charge in [-0.15, -0.1) is 11.3 Å². The van der Waals surface area contributed by atoms with Crippen molar-refractivity contribution in [3.8, 4) is 5.75 Å². The molecule has 2 N–H and O–H groups in total. The average molecular weight is 368 g/mol. The highest BCUT2D eigenvalue weighted by atomic mass is 32.1. The van der Waals surface area contributed by atoms with Gasteiger partial charge in [-0.2, -0.15) is 0 Å². The molecule has 0 unspecified atom stereocenters. The Bertz CT molecular complexity index is 947. The molecule has 0 aliphatic carbocycles. The summed E-state index contributed by atoms with van der Waals surface area (Å²) in [5.74, 6) is 1.62. The summed E-state index contributed by atoms with van der Waals surface area (Å²) in [7, 11) is 1.67. The number of carbonyl (C=O) groups is 1. The number of para-hydroxylation sites is 1. The number of ether oxygens (including phenoxy) is 1. The van der Waals surface area contributed by atoms with Crippen LogP contribution >= 0.6 is 11.3 Å². The Hall–Kier alpha value is -2.67. The highest BCUT2D eigenvalue weighted by Gasteiger charge is 2.27. The van der Waals surface area contributed by atoms with E-state index in [9.17, 15) is 4.79 Å². The smallest absolute Gasteiger partial charge is 0.271 e. The highest BCUT2D eigenvalue weighted by Crippen LogP contribution is 2.31. The van der Waals surface area contributed by atoms with E-state index in [1.54, 1.807) is 18.4 Å². The Kier molecular flexibility index (Phi) is 4.46. The van der Waals surface area contributed by atoms with Crippen LogP contribution in [0.3, 0.4) is 0 Å². The van der Waals surface area contributed by atoms with E-state index in [-0.39, 0.29) is 11.8 Å². The van der Waals surface area contributed by atoms with Crippen LogP contribution in [-0.2, 0) is 12.8 Å². The molecule has 0 saturated heterocycles. The molecule has 0 fully saturated rings. The molecule has 3 heterocycles. The normalized spacial score (nSPS) is 16.7. The molecule has 2 aromatic heterocycles. The molecule has 1 atom stereocenters. The van der Waals surface area contributed by atoms with Gasteiger partial charge in [0.1, 0.15) is 22.3 Å². The zero-order valence-corrected chi connectivity index (χ0v) is 15.5. The summed E-state index contributed by atoms with van der Waals surface area (Å²) >= 11 is 1.61. The number of hydrogen-bond acceptors (Lipinski definition) is 5. The molecule has 1 aliphatic rings. The number of rotatable bonds is 4. The number of methoxy groups -OCH3 is 1. The maximum Gasteiger partial charge on any atom is 0.271 e. The molecule has 134 valence electrons. The lowest BCUT2D eigenvalue weighted by molar-refractivity contribution is 0.0950. The molecular formula is C19H20N4O2S. The second-order valence-corrected chi connectivity index (χ2v) is 7.37. The van der Waals surface area contributed by atoms with E-state index in [1.807, 2.05) is 30.5 Å². The number of fused-ring (bicyclic) bond motifs is 1. The number of amides is 1. The maximum absolute atomic E-state index is 12.5. The van der Waals surface area contributed by atoms with Gasteiger partial charge in [-0.3, -0.25) is 4.79 Å². The van der Waals surface area contributed by atoms with Gasteiger partial charge < -0.3 is 15.0 Å². The first kappa shape index (κ1) is 16.8. The summed E-state index contributed by atoms with van der Waals surface area (Å²) in [4.78, 5) is 24.8. The van der Waals surface area contributed by atoms with Gasteiger partial charge in [0.05, 0.1) is 13.5 Å². The summed E-state index contributed by atoms with van der Waals surface area (Å²) in [6, 6.07) is 7.95. The molecule has 0 bridgehead atoms. The van der Waals surface area contributed by atoms with Crippen molar-refractivity contribution in [2.75, 3.05) is 13.7 Å². The lowest BCUT2D eigenvalue weighted by Gasteiger charge is -2.17. The van der Waals surface area contributed by atoms with Gasteiger partial charge >= 0.3 is 0 Å². The van der Waals surface area contributed by atoms with Gasteiger partial charge in [-0.1, -0.05) is 18.2 Å². The first-order valence-electron chi connectivity index (χ1n) is 8.54. The van der Waals surface area contributed by atoms with Crippen molar-refractivity contribution in [2.24, 2.45) is 0 Å². The third kappa shape index (κ3) is 3.22. The van der Waals surface area contributed by atoms with Gasteiger partial charge in [0.2, 0.25) is 0 Å². The second-order valence-electron chi connectivity index (χ2n) is 6.42. The Balaban J connectivity index is 1.63. The van der Waals surface area contributed by atoms with Crippen LogP contribution in [-0.4, -0.2) is 34.5 Å². The Morgan fingerprint density at radius 1 is 1.31 bits per heavy atom. The number of benzene rings is 1. The van der Waals surface area contributed by atoms with E-state index in [4.69, 9.17) is 4.74 Å². The average Bonchev–Trinajstić information content (AvgIpc) is 3.20. The first-order chi connectivity index (χ1) is 12.6.